The number of ether oxygens (including phenoxy) is 6. The lowest BCUT2D eigenvalue weighted by Crippen LogP contribution is -2.79. The lowest BCUT2D eigenvalue weighted by atomic mass is 9.51. The van der Waals surface area contributed by atoms with E-state index in [-0.39, 0.29) is 41.3 Å². The summed E-state index contributed by atoms with van der Waals surface area (Å²) in [6.45, 7) is 0. The van der Waals surface area contributed by atoms with E-state index >= 15 is 0 Å². The van der Waals surface area contributed by atoms with Crippen LogP contribution in [0.2, 0.25) is 0 Å². The molecule has 4 bridgehead atoms. The number of rotatable bonds is 5. The van der Waals surface area contributed by atoms with Crippen LogP contribution in [0.25, 0.3) is 11.1 Å². The number of fused-ring (bicyclic) bond motifs is 6. The number of phenols is 1. The van der Waals surface area contributed by atoms with Gasteiger partial charge in [0.2, 0.25) is 17.1 Å². The summed E-state index contributed by atoms with van der Waals surface area (Å²) in [4.78, 5) is 12.5. The molecule has 0 radical (unpaired) electrons. The average Bonchev–Trinajstić information content (AvgIpc) is 3.50. The first-order chi connectivity index (χ1) is 25.4. The molecule has 1 saturated heterocycles. The summed E-state index contributed by atoms with van der Waals surface area (Å²) in [5.41, 5.74) is -0.0809. The first-order valence-corrected chi connectivity index (χ1v) is 17.6. The number of carbonyl (C=O) groups is 1. The van der Waals surface area contributed by atoms with Crippen LogP contribution >= 0.6 is 0 Å². The molecule has 15 nitrogen and oxygen atoms in total. The molecular weight excluding hydrogens is 692 g/mol. The monoisotopic (exact) mass is 730 g/mol. The molecule has 5 aliphatic heterocycles. The van der Waals surface area contributed by atoms with Crippen LogP contribution in [-0.4, -0.2) is 99.4 Å². The Morgan fingerprint density at radius 2 is 1.87 bits per heavy atom. The molecule has 1 saturated carbocycles. The highest BCUT2D eigenvalue weighted by molar-refractivity contribution is 5.86. The van der Waals surface area contributed by atoms with Gasteiger partial charge in [0.15, 0.2) is 29.1 Å². The van der Waals surface area contributed by atoms with Crippen LogP contribution < -0.4 is 34.3 Å². The van der Waals surface area contributed by atoms with Crippen molar-refractivity contribution in [1.82, 2.24) is 5.32 Å². The Morgan fingerprint density at radius 3 is 2.58 bits per heavy atom. The molecule has 0 unspecified atom stereocenters. The number of aliphatic hydroxyl groups is 4. The Kier molecular flexibility index (Phi) is 6.48. The summed E-state index contributed by atoms with van der Waals surface area (Å²) >= 11 is 0. The van der Waals surface area contributed by atoms with Gasteiger partial charge in [-0.25, -0.2) is 4.79 Å². The Balaban J connectivity index is 1.24. The topological polar surface area (TPSA) is 218 Å². The molecule has 0 amide bonds. The van der Waals surface area contributed by atoms with E-state index in [1.54, 1.807) is 31.4 Å². The number of nitrogens with one attached hydrogen (secondary N) is 2. The Morgan fingerprint density at radius 1 is 1.06 bits per heavy atom. The molecule has 2 aliphatic carbocycles. The number of methoxy groups -OCH3 is 2. The molecule has 15 heteroatoms. The van der Waals surface area contributed by atoms with E-state index in [2.05, 4.69) is 10.6 Å². The quantitative estimate of drug-likeness (QED) is 0.176. The van der Waals surface area contributed by atoms with Gasteiger partial charge >= 0.3 is 5.97 Å². The summed E-state index contributed by atoms with van der Waals surface area (Å²) in [5, 5.41) is 73.9. The maximum Gasteiger partial charge on any atom is 0.343 e. The Hall–Kier alpha value is -4.77. The largest absolute Gasteiger partial charge is 0.508 e. The zero-order chi connectivity index (χ0) is 37.0. The number of benzene rings is 3. The predicted molar refractivity (Wildman–Crippen MR) is 182 cm³/mol. The molecule has 278 valence electrons. The van der Waals surface area contributed by atoms with Crippen molar-refractivity contribution in [2.45, 2.75) is 78.4 Å². The highest BCUT2D eigenvalue weighted by atomic mass is 16.7. The van der Waals surface area contributed by atoms with E-state index in [4.69, 9.17) is 28.4 Å². The normalized spacial score (nSPS) is 38.7. The van der Waals surface area contributed by atoms with Gasteiger partial charge in [0, 0.05) is 23.6 Å². The van der Waals surface area contributed by atoms with Gasteiger partial charge in [-0.3, -0.25) is 0 Å². The van der Waals surface area contributed by atoms with Gasteiger partial charge in [-0.2, -0.15) is 0 Å². The van der Waals surface area contributed by atoms with Crippen molar-refractivity contribution in [3.8, 4) is 45.6 Å². The number of aromatic hydroxyl groups is 1. The molecule has 0 aromatic heterocycles. The van der Waals surface area contributed by atoms with Crippen LogP contribution in [0.4, 0.5) is 5.69 Å². The fraction of sp³-hybridized carbons (Fsp3) is 0.447. The standard InChI is InChI=1S/C38H38N2O13/c1-39-25-16-7-10-37(47)35(14-16)24-19(25)13-21(48-2)28(49-3)30(24)50-33(35)23-18(15-5-4-6-17(41)11-15)12-20-26(29(23)52-37)40-22-8-9-36(34(45)46)31(43)27(42)32(44)38(22,51-20)53-36/h4-6,8-9,11-13,16,22,25,27,31-33,39-44,47H,7,10,14H2,1-3H3,(H,45,46)/t16-,22-,25-,27+,31+,32-,33+,35+,36+,37-,38-/m1/s1. The third-order valence-electron chi connectivity index (χ3n) is 12.7. The molecule has 2 spiro atoms. The lowest BCUT2D eigenvalue weighted by Gasteiger charge is -2.60. The van der Waals surface area contributed by atoms with Gasteiger partial charge < -0.3 is 69.7 Å². The van der Waals surface area contributed by atoms with E-state index < -0.39 is 59.0 Å². The first-order valence-electron chi connectivity index (χ1n) is 17.6. The van der Waals surface area contributed by atoms with E-state index in [1.807, 2.05) is 13.1 Å². The van der Waals surface area contributed by atoms with Crippen molar-refractivity contribution >= 4 is 11.7 Å². The van der Waals surface area contributed by atoms with Crippen molar-refractivity contribution in [3.05, 3.63) is 65.2 Å². The predicted octanol–water partition coefficient (Wildman–Crippen LogP) is 1.98. The SMILES string of the molecule is CN[C@H]1c2cc(OC)c(OC)c3c2[C@]24C[C@H]1CC[C@@]2(O)Oc1c2c(cc(-c5cccc(O)c5)c1[C@@H]4O3)O[C@@]13O[C@@](C(=O)O)(C=C[C@H]1N2)[C@@H](O)[C@H](O)[C@H]3O. The van der Waals surface area contributed by atoms with E-state index in [1.165, 1.54) is 19.3 Å². The number of phenolic OH excluding ortho intramolecular Hbond substituents is 1. The molecule has 5 heterocycles. The molecule has 10 rings (SSSR count). The smallest absolute Gasteiger partial charge is 0.343 e. The summed E-state index contributed by atoms with van der Waals surface area (Å²) in [5.74, 6) is -4.09. The van der Waals surface area contributed by atoms with Crippen LogP contribution in [0.1, 0.15) is 48.1 Å². The second-order valence-corrected chi connectivity index (χ2v) is 15.0. The van der Waals surface area contributed by atoms with Crippen molar-refractivity contribution in [2.24, 2.45) is 5.92 Å². The fourth-order valence-corrected chi connectivity index (χ4v) is 10.4. The molecule has 3 aromatic carbocycles. The highest BCUT2D eigenvalue weighted by Gasteiger charge is 2.74. The molecule has 53 heavy (non-hydrogen) atoms. The summed E-state index contributed by atoms with van der Waals surface area (Å²) in [6.07, 6.45) is -2.88. The van der Waals surface area contributed by atoms with Crippen molar-refractivity contribution in [3.63, 3.8) is 0 Å². The van der Waals surface area contributed by atoms with Crippen LogP contribution in [0.5, 0.6) is 34.5 Å². The number of hydrogen-bond acceptors (Lipinski definition) is 14. The van der Waals surface area contributed by atoms with Crippen molar-refractivity contribution in [1.29, 1.82) is 0 Å². The molecule has 2 fully saturated rings. The first kappa shape index (κ1) is 32.8. The molecule has 7 aliphatic rings. The number of carboxylic acid groups (broad SMARTS) is 1. The number of anilines is 1. The molecular formula is C38H38N2O13. The zero-order valence-corrected chi connectivity index (χ0v) is 28.8. The Labute approximate surface area is 302 Å². The second kappa shape index (κ2) is 10.5. The van der Waals surface area contributed by atoms with Gasteiger partial charge in [0.1, 0.15) is 41.2 Å². The van der Waals surface area contributed by atoms with Crippen LogP contribution in [0, 0.1) is 5.92 Å². The van der Waals surface area contributed by atoms with Crippen LogP contribution in [-0.2, 0) is 14.9 Å². The highest BCUT2D eigenvalue weighted by Crippen LogP contribution is 2.74. The number of aliphatic hydroxyl groups excluding tert-OH is 3. The summed E-state index contributed by atoms with van der Waals surface area (Å²) in [7, 11) is 4.99. The van der Waals surface area contributed by atoms with E-state index in [0.29, 0.717) is 46.8 Å². The van der Waals surface area contributed by atoms with Gasteiger partial charge in [0.25, 0.3) is 5.79 Å². The molecule has 3 aromatic rings. The minimum absolute atomic E-state index is 0.0261. The van der Waals surface area contributed by atoms with Gasteiger partial charge in [-0.15, -0.1) is 0 Å². The Bertz CT molecular complexity index is 2160. The lowest BCUT2D eigenvalue weighted by molar-refractivity contribution is -0.356. The second-order valence-electron chi connectivity index (χ2n) is 15.0. The molecule has 8 N–H and O–H groups in total. The van der Waals surface area contributed by atoms with Gasteiger partial charge in [0.05, 0.1) is 14.2 Å². The number of carboxylic acids is 1. The minimum Gasteiger partial charge on any atom is -0.508 e. The van der Waals surface area contributed by atoms with Crippen LogP contribution in [0.3, 0.4) is 0 Å². The zero-order valence-electron chi connectivity index (χ0n) is 28.8. The third-order valence-corrected chi connectivity index (χ3v) is 12.7. The third kappa shape index (κ3) is 3.72. The van der Waals surface area contributed by atoms with Gasteiger partial charge in [-0.1, -0.05) is 18.2 Å². The minimum atomic E-state index is -2.43. The average molecular weight is 731 g/mol. The number of hydrogen-bond donors (Lipinski definition) is 8. The maximum absolute atomic E-state index is 13.0. The number of aliphatic carboxylic acids is 1. The van der Waals surface area contributed by atoms with Gasteiger partial charge in [-0.05, 0) is 72.8 Å². The van der Waals surface area contributed by atoms with Crippen molar-refractivity contribution < 1.29 is 63.9 Å². The van der Waals surface area contributed by atoms with E-state index in [9.17, 15) is 35.4 Å². The van der Waals surface area contributed by atoms with Crippen molar-refractivity contribution in [2.75, 3.05) is 26.6 Å². The maximum atomic E-state index is 13.0. The molecule has 11 atom stereocenters. The van der Waals surface area contributed by atoms with Crippen LogP contribution in [0.15, 0.2) is 48.6 Å². The fourth-order valence-electron chi connectivity index (χ4n) is 10.4. The summed E-state index contributed by atoms with van der Waals surface area (Å²) in [6, 6.07) is 8.93. The summed E-state index contributed by atoms with van der Waals surface area (Å²) < 4.78 is 38.2. The van der Waals surface area contributed by atoms with E-state index in [0.717, 1.165) is 17.2 Å².